The molecular formula is C14H11N3O2. The normalized spacial score (nSPS) is 13.9. The summed E-state index contributed by atoms with van der Waals surface area (Å²) >= 11 is 0. The molecule has 1 aliphatic rings. The molecule has 0 saturated heterocycles. The van der Waals surface area contributed by atoms with Crippen LogP contribution < -0.4 is 4.90 Å². The molecule has 0 saturated carbocycles. The van der Waals surface area contributed by atoms with Crippen LogP contribution in [0.25, 0.3) is 0 Å². The Hall–Kier alpha value is -2.56. The number of hydrogen-bond donors (Lipinski definition) is 0. The number of amides is 2. The molecule has 3 rings (SSSR count). The third-order valence-electron chi connectivity index (χ3n) is 3.26. The van der Waals surface area contributed by atoms with Crippen molar-refractivity contribution in [2.75, 3.05) is 4.90 Å². The van der Waals surface area contributed by atoms with E-state index in [1.54, 1.807) is 6.07 Å². The number of anilines is 1. The van der Waals surface area contributed by atoms with Crippen LogP contribution in [0.4, 0.5) is 5.69 Å². The van der Waals surface area contributed by atoms with Gasteiger partial charge in [0.05, 0.1) is 5.69 Å². The lowest BCUT2D eigenvalue weighted by Gasteiger charge is -2.14. The van der Waals surface area contributed by atoms with Gasteiger partial charge in [-0.05, 0) is 37.1 Å². The fraction of sp³-hybridized carbons (Fsp3) is 0.143. The molecule has 0 fully saturated rings. The highest BCUT2D eigenvalue weighted by atomic mass is 16.2. The van der Waals surface area contributed by atoms with Crippen LogP contribution in [0.15, 0.2) is 30.6 Å². The van der Waals surface area contributed by atoms with Crippen molar-refractivity contribution < 1.29 is 9.59 Å². The highest BCUT2D eigenvalue weighted by Crippen LogP contribution is 2.27. The lowest BCUT2D eigenvalue weighted by molar-refractivity contribution is 0.0923. The molecule has 1 aromatic heterocycles. The van der Waals surface area contributed by atoms with E-state index in [1.807, 2.05) is 26.0 Å². The number of rotatable bonds is 1. The molecule has 2 amide bonds. The minimum atomic E-state index is -0.420. The van der Waals surface area contributed by atoms with E-state index in [0.29, 0.717) is 5.69 Å². The second-order valence-corrected chi connectivity index (χ2v) is 4.47. The lowest BCUT2D eigenvalue weighted by atomic mass is 10.1. The van der Waals surface area contributed by atoms with E-state index in [9.17, 15) is 9.59 Å². The van der Waals surface area contributed by atoms with Crippen LogP contribution in [0, 0.1) is 13.8 Å². The first-order chi connectivity index (χ1) is 9.09. The highest BCUT2D eigenvalue weighted by Gasteiger charge is 2.39. The van der Waals surface area contributed by atoms with Gasteiger partial charge in [-0.3, -0.25) is 9.59 Å². The van der Waals surface area contributed by atoms with Crippen molar-refractivity contribution in [3.63, 3.8) is 0 Å². The summed E-state index contributed by atoms with van der Waals surface area (Å²) in [4.78, 5) is 33.4. The number of aryl methyl sites for hydroxylation is 2. The lowest BCUT2D eigenvalue weighted by Crippen LogP contribution is -2.29. The Bertz CT molecular complexity index is 675. The van der Waals surface area contributed by atoms with Gasteiger partial charge in [0.25, 0.3) is 11.8 Å². The van der Waals surface area contributed by atoms with Crippen LogP contribution in [0.2, 0.25) is 0 Å². The van der Waals surface area contributed by atoms with E-state index in [2.05, 4.69) is 9.97 Å². The van der Waals surface area contributed by atoms with Gasteiger partial charge >= 0.3 is 0 Å². The van der Waals surface area contributed by atoms with Gasteiger partial charge in [0.2, 0.25) is 0 Å². The zero-order valence-electron chi connectivity index (χ0n) is 10.5. The number of aromatic nitrogens is 2. The fourth-order valence-corrected chi connectivity index (χ4v) is 2.05. The average molecular weight is 253 g/mol. The zero-order chi connectivity index (χ0) is 13.6. The van der Waals surface area contributed by atoms with E-state index < -0.39 is 11.8 Å². The molecule has 5 heteroatoms. The summed E-state index contributed by atoms with van der Waals surface area (Å²) in [6.07, 6.45) is 2.82. The molecule has 0 N–H and O–H groups in total. The topological polar surface area (TPSA) is 63.2 Å². The molecule has 5 nitrogen and oxygen atoms in total. The van der Waals surface area contributed by atoms with Crippen molar-refractivity contribution in [1.82, 2.24) is 9.97 Å². The van der Waals surface area contributed by atoms with Crippen molar-refractivity contribution in [2.45, 2.75) is 13.8 Å². The summed E-state index contributed by atoms with van der Waals surface area (Å²) in [5, 5.41) is 0. The van der Waals surface area contributed by atoms with Crippen molar-refractivity contribution in [3.8, 4) is 0 Å². The van der Waals surface area contributed by atoms with Crippen LogP contribution in [0.3, 0.4) is 0 Å². The molecule has 2 heterocycles. The number of carbonyl (C=O) groups is 2. The Morgan fingerprint density at radius 1 is 0.895 bits per heavy atom. The van der Waals surface area contributed by atoms with Crippen molar-refractivity contribution in [1.29, 1.82) is 0 Å². The number of fused-ring (bicyclic) bond motifs is 1. The molecule has 0 atom stereocenters. The van der Waals surface area contributed by atoms with Gasteiger partial charge in [-0.25, -0.2) is 14.9 Å². The third kappa shape index (κ3) is 1.62. The van der Waals surface area contributed by atoms with E-state index in [4.69, 9.17) is 0 Å². The van der Waals surface area contributed by atoms with Gasteiger partial charge in [0, 0.05) is 12.4 Å². The first-order valence-electron chi connectivity index (χ1n) is 5.86. The van der Waals surface area contributed by atoms with Crippen LogP contribution in [-0.2, 0) is 0 Å². The van der Waals surface area contributed by atoms with Gasteiger partial charge in [-0.2, -0.15) is 0 Å². The second kappa shape index (κ2) is 3.98. The summed E-state index contributed by atoms with van der Waals surface area (Å²) in [6.45, 7) is 3.91. The quantitative estimate of drug-likeness (QED) is 0.728. The largest absolute Gasteiger partial charge is 0.286 e. The number of imide groups is 1. The first kappa shape index (κ1) is 11.5. The number of benzene rings is 1. The Morgan fingerprint density at radius 3 is 2.00 bits per heavy atom. The Morgan fingerprint density at radius 2 is 1.47 bits per heavy atom. The molecule has 0 aliphatic carbocycles. The third-order valence-corrected chi connectivity index (χ3v) is 3.26. The van der Waals surface area contributed by atoms with Crippen LogP contribution >= 0.6 is 0 Å². The summed E-state index contributed by atoms with van der Waals surface area (Å²) < 4.78 is 0. The number of nitrogens with zero attached hydrogens (tertiary/aromatic N) is 3. The average Bonchev–Trinajstić information content (AvgIpc) is 2.66. The van der Waals surface area contributed by atoms with Gasteiger partial charge in [0.1, 0.15) is 0 Å². The highest BCUT2D eigenvalue weighted by molar-refractivity contribution is 6.33. The molecule has 19 heavy (non-hydrogen) atoms. The van der Waals surface area contributed by atoms with Gasteiger partial charge < -0.3 is 0 Å². The van der Waals surface area contributed by atoms with Crippen molar-refractivity contribution in [3.05, 3.63) is 53.1 Å². The van der Waals surface area contributed by atoms with Crippen LogP contribution in [-0.4, -0.2) is 21.8 Å². The maximum atomic E-state index is 12.2. The monoisotopic (exact) mass is 253 g/mol. The maximum Gasteiger partial charge on any atom is 0.286 e. The predicted molar refractivity (Wildman–Crippen MR) is 69.1 cm³/mol. The number of carbonyl (C=O) groups excluding carboxylic acids is 2. The van der Waals surface area contributed by atoms with Crippen LogP contribution in [0.5, 0.6) is 0 Å². The standard InChI is InChI=1S/C14H11N3O2/c1-8-3-4-10(7-9(8)2)17-13(18)11-12(14(17)19)16-6-5-15-11/h3-7H,1-2H3. The maximum absolute atomic E-state index is 12.2. The van der Waals surface area contributed by atoms with E-state index in [-0.39, 0.29) is 11.4 Å². The van der Waals surface area contributed by atoms with E-state index in [1.165, 1.54) is 12.4 Å². The zero-order valence-corrected chi connectivity index (χ0v) is 10.5. The Balaban J connectivity index is 2.11. The molecule has 0 spiro atoms. The van der Waals surface area contributed by atoms with Crippen LogP contribution in [0.1, 0.15) is 32.1 Å². The predicted octanol–water partition coefficient (Wildman–Crippen LogP) is 1.89. The van der Waals surface area contributed by atoms with E-state index in [0.717, 1.165) is 16.0 Å². The molecule has 94 valence electrons. The van der Waals surface area contributed by atoms with Crippen molar-refractivity contribution in [2.24, 2.45) is 0 Å². The summed E-state index contributed by atoms with van der Waals surface area (Å²) in [7, 11) is 0. The fourth-order valence-electron chi connectivity index (χ4n) is 2.05. The summed E-state index contributed by atoms with van der Waals surface area (Å²) in [5.41, 5.74) is 2.92. The Labute approximate surface area is 109 Å². The number of hydrogen-bond acceptors (Lipinski definition) is 4. The molecule has 2 aromatic rings. The van der Waals surface area contributed by atoms with Gasteiger partial charge in [-0.1, -0.05) is 6.07 Å². The molecule has 0 bridgehead atoms. The molecule has 1 aromatic carbocycles. The first-order valence-corrected chi connectivity index (χ1v) is 5.86. The minimum absolute atomic E-state index is 0.116. The molecular weight excluding hydrogens is 242 g/mol. The Kier molecular flexibility index (Phi) is 2.41. The van der Waals surface area contributed by atoms with E-state index >= 15 is 0 Å². The molecule has 0 unspecified atom stereocenters. The smallest absolute Gasteiger partial charge is 0.266 e. The van der Waals surface area contributed by atoms with Gasteiger partial charge in [-0.15, -0.1) is 0 Å². The van der Waals surface area contributed by atoms with Crippen molar-refractivity contribution >= 4 is 17.5 Å². The molecule has 0 radical (unpaired) electrons. The molecule has 1 aliphatic heterocycles. The summed E-state index contributed by atoms with van der Waals surface area (Å²) in [5.74, 6) is -0.840. The SMILES string of the molecule is Cc1ccc(N2C(=O)c3nccnc3C2=O)cc1C. The second-order valence-electron chi connectivity index (χ2n) is 4.47. The minimum Gasteiger partial charge on any atom is -0.266 e. The van der Waals surface area contributed by atoms with Gasteiger partial charge in [0.15, 0.2) is 11.4 Å². The summed E-state index contributed by atoms with van der Waals surface area (Å²) in [6, 6.07) is 5.45.